The smallest absolute Gasteiger partial charge is 0.307 e. The average molecular weight is 186 g/mol. The van der Waals surface area contributed by atoms with Crippen LogP contribution in [-0.4, -0.2) is 17.0 Å². The molecule has 1 amide bonds. The monoisotopic (exact) mass is 186 g/mol. The fraction of sp³-hybridized carbons (Fsp3) is 0.429. The number of nitrogens with one attached hydrogen (secondary N) is 1. The fourth-order valence-electron chi connectivity index (χ4n) is 0.816. The van der Waals surface area contributed by atoms with Crippen molar-refractivity contribution in [1.29, 1.82) is 0 Å². The van der Waals surface area contributed by atoms with Crippen molar-refractivity contribution >= 4 is 17.2 Å². The molecule has 0 atom stereocenters. The van der Waals surface area contributed by atoms with Crippen LogP contribution in [0.5, 0.6) is 0 Å². The Bertz CT molecular complexity index is 315. The molecule has 0 aliphatic carbocycles. The first-order chi connectivity index (χ1) is 5.74. The molecule has 5 heteroatoms. The van der Waals surface area contributed by atoms with E-state index in [9.17, 15) is 9.59 Å². The SMILES string of the molecule is CCNC(=O)Cn1ccsc1=O. The van der Waals surface area contributed by atoms with Crippen LogP contribution in [0.2, 0.25) is 0 Å². The third-order valence-electron chi connectivity index (χ3n) is 1.33. The lowest BCUT2D eigenvalue weighted by molar-refractivity contribution is -0.121. The predicted molar refractivity (Wildman–Crippen MR) is 47.3 cm³/mol. The standard InChI is InChI=1S/C7H10N2O2S/c1-2-8-6(10)5-9-3-4-12-7(9)11/h3-4H,2,5H2,1H3,(H,8,10). The van der Waals surface area contributed by atoms with Crippen molar-refractivity contribution in [1.82, 2.24) is 9.88 Å². The maximum Gasteiger partial charge on any atom is 0.307 e. The van der Waals surface area contributed by atoms with Crippen molar-refractivity contribution in [3.8, 4) is 0 Å². The van der Waals surface area contributed by atoms with Crippen LogP contribution in [0, 0.1) is 0 Å². The Kier molecular flexibility index (Phi) is 3.04. The molecular weight excluding hydrogens is 176 g/mol. The molecule has 0 saturated heterocycles. The summed E-state index contributed by atoms with van der Waals surface area (Å²) in [5.74, 6) is -0.127. The number of amides is 1. The van der Waals surface area contributed by atoms with Gasteiger partial charge in [-0.15, -0.1) is 0 Å². The Morgan fingerprint density at radius 1 is 1.75 bits per heavy atom. The molecule has 1 aromatic heterocycles. The highest BCUT2D eigenvalue weighted by Crippen LogP contribution is 1.88. The van der Waals surface area contributed by atoms with Crippen molar-refractivity contribution in [2.75, 3.05) is 6.54 Å². The fourth-order valence-corrected chi connectivity index (χ4v) is 1.40. The van der Waals surface area contributed by atoms with E-state index in [1.165, 1.54) is 4.57 Å². The van der Waals surface area contributed by atoms with Gasteiger partial charge in [0, 0.05) is 18.1 Å². The van der Waals surface area contributed by atoms with E-state index in [1.54, 1.807) is 11.6 Å². The van der Waals surface area contributed by atoms with Gasteiger partial charge in [-0.3, -0.25) is 14.2 Å². The zero-order chi connectivity index (χ0) is 8.97. The zero-order valence-corrected chi connectivity index (χ0v) is 7.56. The highest BCUT2D eigenvalue weighted by atomic mass is 32.1. The first-order valence-electron chi connectivity index (χ1n) is 3.64. The van der Waals surface area contributed by atoms with Crippen molar-refractivity contribution < 1.29 is 4.79 Å². The quantitative estimate of drug-likeness (QED) is 0.725. The van der Waals surface area contributed by atoms with Gasteiger partial charge in [0.15, 0.2) is 0 Å². The van der Waals surface area contributed by atoms with E-state index < -0.39 is 0 Å². The average Bonchev–Trinajstić information content (AvgIpc) is 2.37. The van der Waals surface area contributed by atoms with Gasteiger partial charge in [-0.05, 0) is 6.92 Å². The Morgan fingerprint density at radius 2 is 2.50 bits per heavy atom. The van der Waals surface area contributed by atoms with E-state index in [0.29, 0.717) is 6.54 Å². The largest absolute Gasteiger partial charge is 0.355 e. The molecule has 1 N–H and O–H groups in total. The van der Waals surface area contributed by atoms with Gasteiger partial charge < -0.3 is 5.32 Å². The van der Waals surface area contributed by atoms with Crippen molar-refractivity contribution in [3.05, 3.63) is 21.2 Å². The molecule has 1 rings (SSSR count). The number of nitrogens with zero attached hydrogens (tertiary/aromatic N) is 1. The van der Waals surface area contributed by atoms with Gasteiger partial charge in [0.05, 0.1) is 0 Å². The second-order valence-electron chi connectivity index (χ2n) is 2.25. The summed E-state index contributed by atoms with van der Waals surface area (Å²) in [6.07, 6.45) is 1.61. The van der Waals surface area contributed by atoms with E-state index in [1.807, 2.05) is 6.92 Å². The van der Waals surface area contributed by atoms with Gasteiger partial charge in [0.1, 0.15) is 6.54 Å². The summed E-state index contributed by atoms with van der Waals surface area (Å²) in [5.41, 5.74) is 0. The maximum absolute atomic E-state index is 11.0. The Balaban J connectivity index is 2.58. The number of rotatable bonds is 3. The van der Waals surface area contributed by atoms with Crippen molar-refractivity contribution in [2.45, 2.75) is 13.5 Å². The molecule has 1 heterocycles. The summed E-state index contributed by atoms with van der Waals surface area (Å²) in [7, 11) is 0. The van der Waals surface area contributed by atoms with Gasteiger partial charge in [-0.25, -0.2) is 0 Å². The molecular formula is C7H10N2O2S. The second-order valence-corrected chi connectivity index (χ2v) is 3.11. The minimum atomic E-state index is -0.127. The van der Waals surface area contributed by atoms with Gasteiger partial charge in [0.2, 0.25) is 5.91 Å². The molecule has 12 heavy (non-hydrogen) atoms. The highest BCUT2D eigenvalue weighted by Gasteiger charge is 2.02. The number of hydrogen-bond donors (Lipinski definition) is 1. The third-order valence-corrected chi connectivity index (χ3v) is 2.03. The molecule has 1 aromatic rings. The minimum absolute atomic E-state index is 0.0961. The molecule has 66 valence electrons. The summed E-state index contributed by atoms with van der Waals surface area (Å²) in [6.45, 7) is 2.56. The molecule has 0 bridgehead atoms. The second kappa shape index (κ2) is 4.06. The molecule has 0 fully saturated rings. The van der Waals surface area contributed by atoms with Crippen LogP contribution in [0.3, 0.4) is 0 Å². The van der Waals surface area contributed by atoms with Gasteiger partial charge in [0.25, 0.3) is 0 Å². The first-order valence-corrected chi connectivity index (χ1v) is 4.52. The van der Waals surface area contributed by atoms with Crippen molar-refractivity contribution in [2.24, 2.45) is 0 Å². The van der Waals surface area contributed by atoms with Crippen LogP contribution < -0.4 is 10.2 Å². The minimum Gasteiger partial charge on any atom is -0.355 e. The first kappa shape index (κ1) is 8.99. The molecule has 4 nitrogen and oxygen atoms in total. The molecule has 0 aromatic carbocycles. The van der Waals surface area contributed by atoms with Crippen LogP contribution in [0.4, 0.5) is 0 Å². The molecule has 0 radical (unpaired) electrons. The zero-order valence-electron chi connectivity index (χ0n) is 6.74. The highest BCUT2D eigenvalue weighted by molar-refractivity contribution is 7.07. The predicted octanol–water partition coefficient (Wildman–Crippen LogP) is 0.0459. The summed E-state index contributed by atoms with van der Waals surface area (Å²) in [5, 5.41) is 4.29. The lowest BCUT2D eigenvalue weighted by Crippen LogP contribution is -2.29. The molecule has 0 aliphatic rings. The van der Waals surface area contributed by atoms with E-state index in [2.05, 4.69) is 5.32 Å². The van der Waals surface area contributed by atoms with Crippen LogP contribution in [0.15, 0.2) is 16.4 Å². The van der Waals surface area contributed by atoms with Crippen LogP contribution in [-0.2, 0) is 11.3 Å². The number of hydrogen-bond acceptors (Lipinski definition) is 3. The normalized spacial score (nSPS) is 9.75. The van der Waals surface area contributed by atoms with E-state index >= 15 is 0 Å². The summed E-state index contributed by atoms with van der Waals surface area (Å²) in [6, 6.07) is 0. The van der Waals surface area contributed by atoms with Crippen molar-refractivity contribution in [3.63, 3.8) is 0 Å². The number of aromatic nitrogens is 1. The summed E-state index contributed by atoms with van der Waals surface area (Å²) < 4.78 is 1.38. The van der Waals surface area contributed by atoms with E-state index in [4.69, 9.17) is 0 Å². The number of carbonyl (C=O) groups excluding carboxylic acids is 1. The third kappa shape index (κ3) is 2.20. The molecule has 0 spiro atoms. The Labute approximate surface area is 73.8 Å². The van der Waals surface area contributed by atoms with Crippen LogP contribution in [0.25, 0.3) is 0 Å². The summed E-state index contributed by atoms with van der Waals surface area (Å²) in [4.78, 5) is 21.9. The van der Waals surface area contributed by atoms with E-state index in [0.717, 1.165) is 11.3 Å². The molecule has 0 unspecified atom stereocenters. The lowest BCUT2D eigenvalue weighted by Gasteiger charge is -2.00. The van der Waals surface area contributed by atoms with Crippen LogP contribution in [0.1, 0.15) is 6.92 Å². The lowest BCUT2D eigenvalue weighted by atomic mass is 10.5. The summed E-state index contributed by atoms with van der Waals surface area (Å²) >= 11 is 1.09. The van der Waals surface area contributed by atoms with Gasteiger partial charge in [-0.1, -0.05) is 11.3 Å². The Hall–Kier alpha value is -1.10. The van der Waals surface area contributed by atoms with Gasteiger partial charge >= 0.3 is 4.87 Å². The van der Waals surface area contributed by atoms with Crippen LogP contribution >= 0.6 is 11.3 Å². The molecule has 0 saturated carbocycles. The van der Waals surface area contributed by atoms with Gasteiger partial charge in [-0.2, -0.15) is 0 Å². The number of carbonyl (C=O) groups is 1. The van der Waals surface area contributed by atoms with E-state index in [-0.39, 0.29) is 17.3 Å². The topological polar surface area (TPSA) is 51.1 Å². The molecule has 0 aliphatic heterocycles. The Morgan fingerprint density at radius 3 is 3.00 bits per heavy atom. The maximum atomic E-state index is 11.0. The number of likely N-dealkylation sites (N-methyl/N-ethyl adjacent to an activating group) is 1. The number of thiazole rings is 1.